The maximum absolute atomic E-state index is 12.9. The molecule has 1 unspecified atom stereocenters. The molecule has 1 heterocycles. The van der Waals surface area contributed by atoms with Crippen molar-refractivity contribution in [1.82, 2.24) is 10.6 Å². The van der Waals surface area contributed by atoms with Crippen molar-refractivity contribution < 1.29 is 14.0 Å². The zero-order chi connectivity index (χ0) is 17.1. The van der Waals surface area contributed by atoms with Crippen LogP contribution in [-0.2, 0) is 11.3 Å². The molecule has 0 aliphatic carbocycles. The molecule has 2 N–H and O–H groups in total. The number of hydrogen-bond donors (Lipinski definition) is 2. The number of carbonyl (C=O) groups excluding carboxylic acids is 2. The van der Waals surface area contributed by atoms with Gasteiger partial charge in [-0.1, -0.05) is 29.8 Å². The van der Waals surface area contributed by atoms with Gasteiger partial charge in [0.1, 0.15) is 11.9 Å². The van der Waals surface area contributed by atoms with E-state index in [0.717, 1.165) is 5.56 Å². The van der Waals surface area contributed by atoms with E-state index in [1.807, 2.05) is 0 Å². The van der Waals surface area contributed by atoms with E-state index in [9.17, 15) is 14.0 Å². The molecule has 7 heteroatoms. The Hall–Kier alpha value is -2.60. The minimum atomic E-state index is -0.656. The maximum Gasteiger partial charge on any atom is 0.322 e. The second kappa shape index (κ2) is 6.88. The van der Waals surface area contributed by atoms with Crippen molar-refractivity contribution in [3.8, 4) is 0 Å². The lowest BCUT2D eigenvalue weighted by Crippen LogP contribution is -2.42. The first-order valence-electron chi connectivity index (χ1n) is 7.39. The summed E-state index contributed by atoms with van der Waals surface area (Å²) in [7, 11) is 0. The fourth-order valence-electron chi connectivity index (χ4n) is 2.47. The predicted molar refractivity (Wildman–Crippen MR) is 89.4 cm³/mol. The van der Waals surface area contributed by atoms with Crippen molar-refractivity contribution >= 4 is 29.2 Å². The number of hydrogen-bond acceptors (Lipinski definition) is 2. The molecule has 0 bridgehead atoms. The molecule has 124 valence electrons. The average molecular weight is 348 g/mol. The SMILES string of the molecule is O=C(NCc1ccc(F)cc1)C1CN(c2cccc(Cl)c2)C(=O)N1. The quantitative estimate of drug-likeness (QED) is 0.893. The van der Waals surface area contributed by atoms with Crippen molar-refractivity contribution in [2.45, 2.75) is 12.6 Å². The molecule has 0 radical (unpaired) electrons. The van der Waals surface area contributed by atoms with Gasteiger partial charge in [0.25, 0.3) is 0 Å². The number of anilines is 1. The van der Waals surface area contributed by atoms with Crippen molar-refractivity contribution in [3.05, 3.63) is 64.9 Å². The summed E-state index contributed by atoms with van der Waals surface area (Å²) in [5.74, 6) is -0.623. The normalized spacial score (nSPS) is 16.8. The van der Waals surface area contributed by atoms with Gasteiger partial charge in [-0.3, -0.25) is 9.69 Å². The summed E-state index contributed by atoms with van der Waals surface area (Å²) in [6, 6.07) is 11.7. The first kappa shape index (κ1) is 16.3. The summed E-state index contributed by atoms with van der Waals surface area (Å²) >= 11 is 5.93. The van der Waals surface area contributed by atoms with Gasteiger partial charge in [-0.25, -0.2) is 9.18 Å². The second-order valence-electron chi connectivity index (χ2n) is 5.44. The Kier molecular flexibility index (Phi) is 4.66. The highest BCUT2D eigenvalue weighted by Gasteiger charge is 2.34. The van der Waals surface area contributed by atoms with Crippen LogP contribution in [0.5, 0.6) is 0 Å². The highest BCUT2D eigenvalue weighted by atomic mass is 35.5. The third kappa shape index (κ3) is 3.65. The number of halogens is 2. The van der Waals surface area contributed by atoms with Crippen LogP contribution >= 0.6 is 11.6 Å². The Morgan fingerprint density at radius 2 is 2.04 bits per heavy atom. The summed E-state index contributed by atoms with van der Waals surface area (Å²) in [5.41, 5.74) is 1.41. The van der Waals surface area contributed by atoms with Gasteiger partial charge in [0.15, 0.2) is 0 Å². The maximum atomic E-state index is 12.9. The molecule has 1 aliphatic heterocycles. The molecule has 5 nitrogen and oxygen atoms in total. The van der Waals surface area contributed by atoms with Crippen LogP contribution in [0.3, 0.4) is 0 Å². The summed E-state index contributed by atoms with van der Waals surface area (Å²) in [4.78, 5) is 25.8. The van der Waals surface area contributed by atoms with E-state index in [-0.39, 0.29) is 30.8 Å². The molecule has 0 aromatic heterocycles. The third-order valence-corrected chi connectivity index (χ3v) is 3.96. The molecular weight excluding hydrogens is 333 g/mol. The molecule has 1 fully saturated rings. The first-order chi connectivity index (χ1) is 11.5. The molecule has 2 aromatic rings. The smallest absolute Gasteiger partial charge is 0.322 e. The molecule has 24 heavy (non-hydrogen) atoms. The van der Waals surface area contributed by atoms with Crippen LogP contribution < -0.4 is 15.5 Å². The van der Waals surface area contributed by atoms with E-state index in [2.05, 4.69) is 10.6 Å². The van der Waals surface area contributed by atoms with Gasteiger partial charge in [0.05, 0.1) is 6.54 Å². The number of carbonyl (C=O) groups is 2. The topological polar surface area (TPSA) is 61.4 Å². The van der Waals surface area contributed by atoms with Crippen molar-refractivity contribution in [3.63, 3.8) is 0 Å². The number of urea groups is 1. The highest BCUT2D eigenvalue weighted by molar-refractivity contribution is 6.30. The van der Waals surface area contributed by atoms with Crippen molar-refractivity contribution in [1.29, 1.82) is 0 Å². The number of benzene rings is 2. The minimum Gasteiger partial charge on any atom is -0.350 e. The molecule has 0 saturated carbocycles. The third-order valence-electron chi connectivity index (χ3n) is 3.72. The zero-order valence-electron chi connectivity index (χ0n) is 12.6. The van der Waals surface area contributed by atoms with Gasteiger partial charge in [-0.2, -0.15) is 0 Å². The van der Waals surface area contributed by atoms with E-state index in [0.29, 0.717) is 10.7 Å². The summed E-state index contributed by atoms with van der Waals surface area (Å²) in [6.07, 6.45) is 0. The van der Waals surface area contributed by atoms with Gasteiger partial charge in [-0.15, -0.1) is 0 Å². The molecule has 1 aliphatic rings. The fourth-order valence-corrected chi connectivity index (χ4v) is 2.65. The molecule has 1 atom stereocenters. The second-order valence-corrected chi connectivity index (χ2v) is 5.87. The van der Waals surface area contributed by atoms with Gasteiger partial charge < -0.3 is 10.6 Å². The Bertz CT molecular complexity index is 767. The van der Waals surface area contributed by atoms with E-state index in [4.69, 9.17) is 11.6 Å². The van der Waals surface area contributed by atoms with E-state index in [1.165, 1.54) is 17.0 Å². The Labute approximate surface area is 143 Å². The van der Waals surface area contributed by atoms with Crippen LogP contribution in [0.4, 0.5) is 14.9 Å². The number of nitrogens with zero attached hydrogens (tertiary/aromatic N) is 1. The van der Waals surface area contributed by atoms with Crippen LogP contribution in [0.2, 0.25) is 5.02 Å². The molecule has 1 saturated heterocycles. The predicted octanol–water partition coefficient (Wildman–Crippen LogP) is 2.69. The van der Waals surface area contributed by atoms with Gasteiger partial charge >= 0.3 is 6.03 Å². The lowest BCUT2D eigenvalue weighted by Gasteiger charge is -2.15. The van der Waals surface area contributed by atoms with Crippen LogP contribution in [0.1, 0.15) is 5.56 Å². The lowest BCUT2D eigenvalue weighted by atomic mass is 10.2. The largest absolute Gasteiger partial charge is 0.350 e. The number of amides is 3. The fraction of sp³-hybridized carbons (Fsp3) is 0.176. The average Bonchev–Trinajstić information content (AvgIpc) is 2.96. The van der Waals surface area contributed by atoms with Crippen LogP contribution in [0, 0.1) is 5.82 Å². The van der Waals surface area contributed by atoms with Crippen LogP contribution in [0.25, 0.3) is 0 Å². The monoisotopic (exact) mass is 347 g/mol. The Morgan fingerprint density at radius 3 is 2.75 bits per heavy atom. The summed E-state index contributed by atoms with van der Waals surface area (Å²) < 4.78 is 12.9. The molecule has 3 rings (SSSR count). The van der Waals surface area contributed by atoms with E-state index in [1.54, 1.807) is 36.4 Å². The van der Waals surface area contributed by atoms with Gasteiger partial charge in [0.2, 0.25) is 5.91 Å². The molecule has 0 spiro atoms. The Morgan fingerprint density at radius 1 is 1.29 bits per heavy atom. The van der Waals surface area contributed by atoms with E-state index >= 15 is 0 Å². The number of rotatable bonds is 4. The van der Waals surface area contributed by atoms with E-state index < -0.39 is 6.04 Å². The minimum absolute atomic E-state index is 0.217. The van der Waals surface area contributed by atoms with Gasteiger partial charge in [-0.05, 0) is 35.9 Å². The van der Waals surface area contributed by atoms with Gasteiger partial charge in [0, 0.05) is 17.3 Å². The molecule has 3 amide bonds. The van der Waals surface area contributed by atoms with Crippen LogP contribution in [-0.4, -0.2) is 24.5 Å². The Balaban J connectivity index is 1.60. The summed E-state index contributed by atoms with van der Waals surface area (Å²) in [5, 5.41) is 5.89. The van der Waals surface area contributed by atoms with Crippen molar-refractivity contribution in [2.24, 2.45) is 0 Å². The lowest BCUT2D eigenvalue weighted by molar-refractivity contribution is -0.122. The standard InChI is InChI=1S/C17H15ClFN3O2/c18-12-2-1-3-14(8-12)22-10-15(21-17(22)24)16(23)20-9-11-4-6-13(19)7-5-11/h1-8,15H,9-10H2,(H,20,23)(H,21,24). The molecular formula is C17H15ClFN3O2. The zero-order valence-corrected chi connectivity index (χ0v) is 13.4. The number of nitrogens with one attached hydrogen (secondary N) is 2. The molecule has 2 aromatic carbocycles. The van der Waals surface area contributed by atoms with Crippen LogP contribution in [0.15, 0.2) is 48.5 Å². The highest BCUT2D eigenvalue weighted by Crippen LogP contribution is 2.22. The first-order valence-corrected chi connectivity index (χ1v) is 7.76. The summed E-state index contributed by atoms with van der Waals surface area (Å²) in [6.45, 7) is 0.483. The van der Waals surface area contributed by atoms with Crippen molar-refractivity contribution in [2.75, 3.05) is 11.4 Å².